The monoisotopic (exact) mass is 260 g/mol. The Morgan fingerprint density at radius 1 is 1.21 bits per heavy atom. The fraction of sp³-hybridized carbons (Fsp3) is 0.154. The molecule has 0 radical (unpaired) electrons. The van der Waals surface area contributed by atoms with E-state index in [-0.39, 0.29) is 5.82 Å². The molecular weight excluding hydrogens is 250 g/mol. The highest BCUT2D eigenvalue weighted by Crippen LogP contribution is 2.23. The molecule has 3 rings (SSSR count). The largest absolute Gasteiger partial charge is 0.261 e. The molecule has 0 saturated carbocycles. The van der Waals surface area contributed by atoms with Crippen molar-refractivity contribution in [2.75, 3.05) is 0 Å². The summed E-state index contributed by atoms with van der Waals surface area (Å²) in [5.41, 5.74) is 1.54. The van der Waals surface area contributed by atoms with Crippen LogP contribution in [0.3, 0.4) is 0 Å². The zero-order valence-electron chi connectivity index (χ0n) is 10.1. The fourth-order valence-corrected chi connectivity index (χ4v) is 1.99. The Bertz CT molecular complexity index is 751. The summed E-state index contributed by atoms with van der Waals surface area (Å²) >= 11 is 0. The van der Waals surface area contributed by atoms with E-state index in [1.807, 2.05) is 6.92 Å². The van der Waals surface area contributed by atoms with E-state index in [1.54, 1.807) is 0 Å². The van der Waals surface area contributed by atoms with E-state index in [0.29, 0.717) is 29.0 Å². The molecule has 19 heavy (non-hydrogen) atoms. The van der Waals surface area contributed by atoms with E-state index in [2.05, 4.69) is 15.1 Å². The number of pyridine rings is 2. The van der Waals surface area contributed by atoms with Crippen molar-refractivity contribution in [2.45, 2.75) is 13.3 Å². The predicted octanol–water partition coefficient (Wildman–Crippen LogP) is 2.63. The average Bonchev–Trinajstić information content (AvgIpc) is 2.81. The molecule has 0 fully saturated rings. The number of aromatic nitrogens is 4. The molecule has 0 aromatic carbocycles. The number of hydrogen-bond donors (Lipinski definition) is 0. The Morgan fingerprint density at radius 3 is 2.84 bits per heavy atom. The lowest BCUT2D eigenvalue weighted by Gasteiger charge is -2.03. The van der Waals surface area contributed by atoms with Crippen molar-refractivity contribution in [1.82, 2.24) is 19.6 Å². The van der Waals surface area contributed by atoms with Gasteiger partial charge in [-0.1, -0.05) is 6.92 Å². The third kappa shape index (κ3) is 1.95. The zero-order chi connectivity index (χ0) is 13.4. The van der Waals surface area contributed by atoms with Gasteiger partial charge in [-0.15, -0.1) is 5.10 Å². The SMILES string of the molecule is CCc1c(F)cncc1-c1nc2ccc(F)cn2n1. The van der Waals surface area contributed by atoms with Gasteiger partial charge in [0, 0.05) is 17.3 Å². The van der Waals surface area contributed by atoms with Crippen LogP contribution in [0.25, 0.3) is 17.0 Å². The highest BCUT2D eigenvalue weighted by atomic mass is 19.1. The number of hydrogen-bond acceptors (Lipinski definition) is 3. The van der Waals surface area contributed by atoms with Crippen LogP contribution < -0.4 is 0 Å². The third-order valence-corrected chi connectivity index (χ3v) is 2.89. The molecule has 0 saturated heterocycles. The smallest absolute Gasteiger partial charge is 0.184 e. The number of halogens is 2. The number of nitrogens with zero attached hydrogens (tertiary/aromatic N) is 4. The van der Waals surface area contributed by atoms with Crippen LogP contribution in [-0.2, 0) is 6.42 Å². The van der Waals surface area contributed by atoms with Crippen molar-refractivity contribution in [2.24, 2.45) is 0 Å². The second-order valence-electron chi connectivity index (χ2n) is 4.09. The average molecular weight is 260 g/mol. The molecule has 0 amide bonds. The molecule has 4 nitrogen and oxygen atoms in total. The maximum Gasteiger partial charge on any atom is 0.184 e. The Labute approximate surface area is 107 Å². The summed E-state index contributed by atoms with van der Waals surface area (Å²) in [5, 5.41) is 4.15. The van der Waals surface area contributed by atoms with E-state index in [9.17, 15) is 8.78 Å². The zero-order valence-corrected chi connectivity index (χ0v) is 10.1. The summed E-state index contributed by atoms with van der Waals surface area (Å²) in [6.45, 7) is 1.84. The summed E-state index contributed by atoms with van der Waals surface area (Å²) in [6.07, 6.45) is 4.42. The molecule has 3 aromatic rings. The Hall–Kier alpha value is -2.37. The molecule has 3 heterocycles. The molecule has 96 valence electrons. The first-order valence-corrected chi connectivity index (χ1v) is 5.83. The minimum absolute atomic E-state index is 0.342. The van der Waals surface area contributed by atoms with Crippen molar-refractivity contribution >= 4 is 5.65 Å². The van der Waals surface area contributed by atoms with Gasteiger partial charge in [-0.05, 0) is 18.6 Å². The standard InChI is InChI=1S/C13H10F2N4/c1-2-9-10(5-16-6-11(9)15)13-17-12-4-3-8(14)7-19(12)18-13/h3-7H,2H2,1H3. The van der Waals surface area contributed by atoms with Crippen molar-refractivity contribution in [3.05, 3.63) is 47.9 Å². The highest BCUT2D eigenvalue weighted by molar-refractivity contribution is 5.61. The van der Waals surface area contributed by atoms with Crippen molar-refractivity contribution in [1.29, 1.82) is 0 Å². The normalized spacial score (nSPS) is 11.1. The van der Waals surface area contributed by atoms with E-state index in [4.69, 9.17) is 0 Å². The second-order valence-corrected chi connectivity index (χ2v) is 4.09. The van der Waals surface area contributed by atoms with Gasteiger partial charge in [-0.2, -0.15) is 0 Å². The minimum Gasteiger partial charge on any atom is -0.261 e. The summed E-state index contributed by atoms with van der Waals surface area (Å²) in [5.74, 6) is -0.448. The van der Waals surface area contributed by atoms with Crippen LogP contribution in [0, 0.1) is 11.6 Å². The molecule has 0 unspecified atom stereocenters. The van der Waals surface area contributed by atoms with Crippen LogP contribution in [-0.4, -0.2) is 19.6 Å². The molecule has 3 aromatic heterocycles. The number of fused-ring (bicyclic) bond motifs is 1. The fourth-order valence-electron chi connectivity index (χ4n) is 1.99. The lowest BCUT2D eigenvalue weighted by molar-refractivity contribution is 0.606. The maximum atomic E-state index is 13.7. The van der Waals surface area contributed by atoms with Crippen LogP contribution in [0.1, 0.15) is 12.5 Å². The van der Waals surface area contributed by atoms with Gasteiger partial charge in [0.1, 0.15) is 11.6 Å². The molecule has 0 N–H and O–H groups in total. The Morgan fingerprint density at radius 2 is 2.05 bits per heavy atom. The Balaban J connectivity index is 2.22. The summed E-state index contributed by atoms with van der Waals surface area (Å²) in [6, 6.07) is 2.82. The van der Waals surface area contributed by atoms with Gasteiger partial charge in [0.25, 0.3) is 0 Å². The molecule has 0 bridgehead atoms. The summed E-state index contributed by atoms with van der Waals surface area (Å²) in [7, 11) is 0. The van der Waals surface area contributed by atoms with Crippen LogP contribution in [0.5, 0.6) is 0 Å². The van der Waals surface area contributed by atoms with Gasteiger partial charge in [0.2, 0.25) is 0 Å². The van der Waals surface area contributed by atoms with Crippen LogP contribution >= 0.6 is 0 Å². The van der Waals surface area contributed by atoms with Gasteiger partial charge in [0.05, 0.1) is 12.4 Å². The van der Waals surface area contributed by atoms with Crippen molar-refractivity contribution < 1.29 is 8.78 Å². The van der Waals surface area contributed by atoms with Crippen molar-refractivity contribution in [3.8, 4) is 11.4 Å². The van der Waals surface area contributed by atoms with Crippen molar-refractivity contribution in [3.63, 3.8) is 0 Å². The first-order chi connectivity index (χ1) is 9.19. The van der Waals surface area contributed by atoms with Gasteiger partial charge in [-0.25, -0.2) is 18.3 Å². The van der Waals surface area contributed by atoms with Crippen LogP contribution in [0.4, 0.5) is 8.78 Å². The first kappa shape index (κ1) is 11.7. The molecule has 0 aliphatic carbocycles. The van der Waals surface area contributed by atoms with E-state index >= 15 is 0 Å². The lowest BCUT2D eigenvalue weighted by Crippen LogP contribution is -1.96. The minimum atomic E-state index is -0.406. The molecule has 0 aliphatic rings. The Kier molecular flexibility index (Phi) is 2.70. The van der Waals surface area contributed by atoms with Gasteiger partial charge in [-0.3, -0.25) is 4.98 Å². The summed E-state index contributed by atoms with van der Waals surface area (Å²) < 4.78 is 28.1. The van der Waals surface area contributed by atoms with E-state index < -0.39 is 5.82 Å². The van der Waals surface area contributed by atoms with Crippen LogP contribution in [0.15, 0.2) is 30.7 Å². The van der Waals surface area contributed by atoms with Crippen LogP contribution in [0.2, 0.25) is 0 Å². The first-order valence-electron chi connectivity index (χ1n) is 5.83. The quantitative estimate of drug-likeness (QED) is 0.711. The van der Waals surface area contributed by atoms with Gasteiger partial charge < -0.3 is 0 Å². The predicted molar refractivity (Wildman–Crippen MR) is 65.5 cm³/mol. The third-order valence-electron chi connectivity index (χ3n) is 2.89. The molecule has 0 atom stereocenters. The summed E-state index contributed by atoms with van der Waals surface area (Å²) in [4.78, 5) is 8.07. The molecule has 0 aliphatic heterocycles. The molecular formula is C13H10F2N4. The second kappa shape index (κ2) is 4.38. The topological polar surface area (TPSA) is 43.1 Å². The lowest BCUT2D eigenvalue weighted by atomic mass is 10.1. The maximum absolute atomic E-state index is 13.7. The van der Waals surface area contributed by atoms with Gasteiger partial charge in [0.15, 0.2) is 11.5 Å². The number of rotatable bonds is 2. The highest BCUT2D eigenvalue weighted by Gasteiger charge is 2.14. The van der Waals surface area contributed by atoms with E-state index in [0.717, 1.165) is 6.20 Å². The van der Waals surface area contributed by atoms with E-state index in [1.165, 1.54) is 29.0 Å². The molecule has 6 heteroatoms. The van der Waals surface area contributed by atoms with Gasteiger partial charge >= 0.3 is 0 Å². The molecule has 0 spiro atoms.